The number of fused-ring (bicyclic) bond motifs is 1. The third-order valence-electron chi connectivity index (χ3n) is 6.89. The molecule has 35 heavy (non-hydrogen) atoms. The van der Waals surface area contributed by atoms with Gasteiger partial charge >= 0.3 is 5.69 Å². The Labute approximate surface area is 204 Å². The second-order valence-electron chi connectivity index (χ2n) is 8.92. The Bertz CT molecular complexity index is 1450. The highest BCUT2D eigenvalue weighted by molar-refractivity contribution is 5.95. The lowest BCUT2D eigenvalue weighted by Crippen LogP contribution is -2.49. The van der Waals surface area contributed by atoms with E-state index < -0.39 is 0 Å². The number of anilines is 1. The summed E-state index contributed by atoms with van der Waals surface area (Å²) in [6.07, 6.45) is 0. The third-order valence-corrected chi connectivity index (χ3v) is 6.89. The molecule has 0 saturated carbocycles. The molecule has 1 aliphatic rings. The number of nitrogens with zero attached hydrogens (tertiary/aromatic N) is 4. The summed E-state index contributed by atoms with van der Waals surface area (Å²) >= 11 is 0. The Morgan fingerprint density at radius 2 is 1.60 bits per heavy atom. The summed E-state index contributed by atoms with van der Waals surface area (Å²) in [6, 6.07) is 23.6. The molecule has 7 nitrogen and oxygen atoms in total. The molecule has 1 aliphatic heterocycles. The van der Waals surface area contributed by atoms with E-state index in [1.165, 1.54) is 21.0 Å². The minimum atomic E-state index is -0.278. The van der Waals surface area contributed by atoms with E-state index in [9.17, 15) is 9.59 Å². The van der Waals surface area contributed by atoms with Gasteiger partial charge < -0.3 is 9.64 Å². The van der Waals surface area contributed by atoms with Crippen LogP contribution in [0.4, 0.5) is 5.69 Å². The van der Waals surface area contributed by atoms with Gasteiger partial charge in [0.05, 0.1) is 12.8 Å². The first-order valence-corrected chi connectivity index (χ1v) is 12.0. The molecule has 0 N–H and O–H groups in total. The topological polar surface area (TPSA) is 59.7 Å². The summed E-state index contributed by atoms with van der Waals surface area (Å²) in [4.78, 5) is 30.5. The first kappa shape index (κ1) is 22.9. The molecule has 1 aromatic heterocycles. The number of benzene rings is 3. The lowest BCUT2D eigenvalue weighted by atomic mass is 10.1. The van der Waals surface area contributed by atoms with Crippen molar-refractivity contribution in [2.24, 2.45) is 7.05 Å². The van der Waals surface area contributed by atoms with Gasteiger partial charge in [-0.1, -0.05) is 48.5 Å². The Balaban J connectivity index is 1.27. The monoisotopic (exact) mass is 470 g/mol. The van der Waals surface area contributed by atoms with Gasteiger partial charge in [0.15, 0.2) is 0 Å². The Kier molecular flexibility index (Phi) is 6.42. The van der Waals surface area contributed by atoms with Gasteiger partial charge in [0.25, 0.3) is 5.56 Å². The van der Waals surface area contributed by atoms with Gasteiger partial charge in [-0.2, -0.15) is 0 Å². The molecule has 7 heteroatoms. The van der Waals surface area contributed by atoms with Gasteiger partial charge in [0.1, 0.15) is 5.75 Å². The van der Waals surface area contributed by atoms with Crippen molar-refractivity contribution in [1.82, 2.24) is 14.0 Å². The van der Waals surface area contributed by atoms with Crippen molar-refractivity contribution in [1.29, 1.82) is 0 Å². The van der Waals surface area contributed by atoms with Crippen LogP contribution in [0.2, 0.25) is 0 Å². The maximum absolute atomic E-state index is 13.0. The molecule has 180 valence electrons. The maximum Gasteiger partial charge on any atom is 0.331 e. The summed E-state index contributed by atoms with van der Waals surface area (Å²) in [5.41, 5.74) is 2.17. The van der Waals surface area contributed by atoms with Crippen molar-refractivity contribution in [3.63, 3.8) is 0 Å². The quantitative estimate of drug-likeness (QED) is 0.433. The van der Waals surface area contributed by atoms with Gasteiger partial charge in [-0.05, 0) is 29.1 Å². The first-order valence-electron chi connectivity index (χ1n) is 12.0. The van der Waals surface area contributed by atoms with Crippen molar-refractivity contribution < 1.29 is 4.74 Å². The number of methoxy groups -OCH3 is 1. The zero-order chi connectivity index (χ0) is 24.4. The van der Waals surface area contributed by atoms with Gasteiger partial charge in [0, 0.05) is 63.5 Å². The average Bonchev–Trinajstić information content (AvgIpc) is 2.91. The van der Waals surface area contributed by atoms with E-state index in [1.807, 2.05) is 36.4 Å². The summed E-state index contributed by atoms with van der Waals surface area (Å²) < 4.78 is 8.34. The molecule has 1 fully saturated rings. The van der Waals surface area contributed by atoms with E-state index in [2.05, 4.69) is 40.1 Å². The van der Waals surface area contributed by atoms with Crippen LogP contribution in [0.1, 0.15) is 0 Å². The largest absolute Gasteiger partial charge is 0.497 e. The molecule has 5 rings (SSSR count). The lowest BCUT2D eigenvalue weighted by molar-refractivity contribution is 0.245. The molecular weight excluding hydrogens is 440 g/mol. The van der Waals surface area contributed by atoms with Crippen molar-refractivity contribution >= 4 is 16.5 Å². The second kappa shape index (κ2) is 9.80. The highest BCUT2D eigenvalue weighted by Crippen LogP contribution is 2.30. The van der Waals surface area contributed by atoms with Crippen molar-refractivity contribution in [2.75, 3.05) is 44.7 Å². The van der Waals surface area contributed by atoms with Gasteiger partial charge in [-0.3, -0.25) is 18.8 Å². The third kappa shape index (κ3) is 4.59. The van der Waals surface area contributed by atoms with Gasteiger partial charge in [0.2, 0.25) is 0 Å². The SMILES string of the molecule is COc1ccc2cccc(N3CCN(CCn4c(=O)cc(-c5ccccc5)n(C)c4=O)CC3)c2c1. The summed E-state index contributed by atoms with van der Waals surface area (Å²) in [5.74, 6) is 0.855. The first-order chi connectivity index (χ1) is 17.0. The molecule has 3 aromatic carbocycles. The Morgan fingerprint density at radius 3 is 2.34 bits per heavy atom. The van der Waals surface area contributed by atoms with Crippen LogP contribution in [0.15, 0.2) is 82.4 Å². The Hall–Kier alpha value is -3.84. The van der Waals surface area contributed by atoms with Gasteiger partial charge in [-0.25, -0.2) is 4.79 Å². The van der Waals surface area contributed by atoms with E-state index in [0.717, 1.165) is 37.5 Å². The van der Waals surface area contributed by atoms with Crippen LogP contribution in [-0.4, -0.2) is 53.9 Å². The van der Waals surface area contributed by atoms with Crippen molar-refractivity contribution in [3.8, 4) is 17.0 Å². The van der Waals surface area contributed by atoms with E-state index in [-0.39, 0.29) is 11.2 Å². The number of aromatic nitrogens is 2. The van der Waals surface area contributed by atoms with E-state index in [0.29, 0.717) is 18.8 Å². The van der Waals surface area contributed by atoms with Crippen LogP contribution in [0.3, 0.4) is 0 Å². The number of ether oxygens (including phenoxy) is 1. The van der Waals surface area contributed by atoms with Crippen LogP contribution in [0, 0.1) is 0 Å². The fourth-order valence-corrected chi connectivity index (χ4v) is 4.85. The normalized spacial score (nSPS) is 14.4. The molecule has 0 amide bonds. The van der Waals surface area contributed by atoms with Crippen LogP contribution in [0.25, 0.3) is 22.0 Å². The molecule has 0 bridgehead atoms. The van der Waals surface area contributed by atoms with Gasteiger partial charge in [-0.15, -0.1) is 0 Å². The van der Waals surface area contributed by atoms with E-state index in [1.54, 1.807) is 24.8 Å². The molecule has 0 aliphatic carbocycles. The predicted molar refractivity (Wildman–Crippen MR) is 141 cm³/mol. The van der Waals surface area contributed by atoms with Crippen LogP contribution in [0.5, 0.6) is 5.75 Å². The maximum atomic E-state index is 13.0. The standard InChI is InChI=1S/C28H30N4O3/c1-29-26(22-7-4-3-5-8-22)20-27(33)32(28(29)34)18-15-30-13-16-31(17-14-30)25-10-6-9-21-11-12-23(35-2)19-24(21)25/h3-12,19-20H,13-18H2,1-2H3. The zero-order valence-corrected chi connectivity index (χ0v) is 20.2. The molecular formula is C28H30N4O3. The summed E-state index contributed by atoms with van der Waals surface area (Å²) in [7, 11) is 3.41. The number of hydrogen-bond acceptors (Lipinski definition) is 5. The number of piperazine rings is 1. The minimum absolute atomic E-state index is 0.254. The van der Waals surface area contributed by atoms with Crippen LogP contribution < -0.4 is 20.9 Å². The van der Waals surface area contributed by atoms with Crippen molar-refractivity contribution in [3.05, 3.63) is 93.6 Å². The molecule has 0 spiro atoms. The summed E-state index contributed by atoms with van der Waals surface area (Å²) in [5, 5.41) is 2.38. The van der Waals surface area contributed by atoms with Crippen molar-refractivity contribution in [2.45, 2.75) is 6.54 Å². The zero-order valence-electron chi connectivity index (χ0n) is 20.2. The van der Waals surface area contributed by atoms with E-state index in [4.69, 9.17) is 4.74 Å². The highest BCUT2D eigenvalue weighted by atomic mass is 16.5. The Morgan fingerprint density at radius 1 is 0.829 bits per heavy atom. The number of hydrogen-bond donors (Lipinski definition) is 0. The highest BCUT2D eigenvalue weighted by Gasteiger charge is 2.19. The second-order valence-corrected chi connectivity index (χ2v) is 8.92. The smallest absolute Gasteiger partial charge is 0.331 e. The predicted octanol–water partition coefficient (Wildman–Crippen LogP) is 3.20. The molecule has 0 atom stereocenters. The number of rotatable bonds is 6. The fourth-order valence-electron chi connectivity index (χ4n) is 4.85. The molecule has 4 aromatic rings. The van der Waals surface area contributed by atoms with E-state index >= 15 is 0 Å². The fraction of sp³-hybridized carbons (Fsp3) is 0.286. The molecule has 0 radical (unpaired) electrons. The summed E-state index contributed by atoms with van der Waals surface area (Å²) in [6.45, 7) is 4.56. The molecule has 1 saturated heterocycles. The molecule has 0 unspecified atom stereocenters. The lowest BCUT2D eigenvalue weighted by Gasteiger charge is -2.36. The minimum Gasteiger partial charge on any atom is -0.497 e. The average molecular weight is 471 g/mol. The van der Waals surface area contributed by atoms with Crippen LogP contribution in [-0.2, 0) is 13.6 Å². The van der Waals surface area contributed by atoms with Crippen LogP contribution >= 0.6 is 0 Å². The molecule has 2 heterocycles.